The Hall–Kier alpha value is -1.27. The summed E-state index contributed by atoms with van der Waals surface area (Å²) in [5.74, 6) is 0. The molecule has 1 heterocycles. The van der Waals surface area contributed by atoms with Crippen LogP contribution in [-0.2, 0) is 9.84 Å². The van der Waals surface area contributed by atoms with Gasteiger partial charge in [-0.05, 0) is 31.9 Å². The van der Waals surface area contributed by atoms with Gasteiger partial charge in [-0.2, -0.15) is 0 Å². The summed E-state index contributed by atoms with van der Waals surface area (Å²) in [5, 5.41) is 10.1. The molecule has 0 aliphatic carbocycles. The molecule has 1 saturated heterocycles. The van der Waals surface area contributed by atoms with Gasteiger partial charge >= 0.3 is 0 Å². The van der Waals surface area contributed by atoms with E-state index in [0.29, 0.717) is 12.2 Å². The maximum absolute atomic E-state index is 11.7. The fourth-order valence-corrected chi connectivity index (χ4v) is 3.39. The van der Waals surface area contributed by atoms with Gasteiger partial charge in [0.05, 0.1) is 21.9 Å². The molecule has 6 heteroatoms. The predicted octanol–water partition coefficient (Wildman–Crippen LogP) is 1.02. The molecule has 1 aliphatic rings. The van der Waals surface area contributed by atoms with Crippen molar-refractivity contribution >= 4 is 21.2 Å². The Morgan fingerprint density at radius 3 is 2.68 bits per heavy atom. The number of hydrogen-bond acceptors (Lipinski definition) is 5. The maximum atomic E-state index is 11.7. The van der Waals surface area contributed by atoms with Crippen LogP contribution in [0.1, 0.15) is 19.8 Å². The second-order valence-electron chi connectivity index (χ2n) is 5.48. The molecule has 0 amide bonds. The summed E-state index contributed by atoms with van der Waals surface area (Å²) in [6.07, 6.45) is 2.75. The number of anilines is 2. The summed E-state index contributed by atoms with van der Waals surface area (Å²) in [5.41, 5.74) is 6.18. The number of hydrogen-bond donors (Lipinski definition) is 2. The van der Waals surface area contributed by atoms with Gasteiger partial charge in [0.1, 0.15) is 0 Å². The number of benzene rings is 1. The molecule has 5 nitrogen and oxygen atoms in total. The monoisotopic (exact) mass is 284 g/mol. The summed E-state index contributed by atoms with van der Waals surface area (Å²) < 4.78 is 23.3. The van der Waals surface area contributed by atoms with Crippen molar-refractivity contribution in [3.63, 3.8) is 0 Å². The zero-order valence-electron chi connectivity index (χ0n) is 11.3. The predicted molar refractivity (Wildman–Crippen MR) is 76.0 cm³/mol. The highest BCUT2D eigenvalue weighted by Crippen LogP contribution is 2.33. The molecule has 1 fully saturated rings. The molecular formula is C13H20N2O3S. The smallest absolute Gasteiger partial charge is 0.177 e. The number of nitrogens with two attached hydrogens (primary N) is 1. The number of rotatable bonds is 2. The number of nitrogen functional groups attached to an aromatic ring is 1. The lowest BCUT2D eigenvalue weighted by Gasteiger charge is -2.38. The van der Waals surface area contributed by atoms with Crippen LogP contribution in [0.5, 0.6) is 0 Å². The Balaban J connectivity index is 2.41. The van der Waals surface area contributed by atoms with E-state index in [4.69, 9.17) is 5.73 Å². The van der Waals surface area contributed by atoms with Gasteiger partial charge in [-0.3, -0.25) is 0 Å². The molecule has 19 heavy (non-hydrogen) atoms. The number of piperidine rings is 1. The van der Waals surface area contributed by atoms with Crippen LogP contribution in [0.4, 0.5) is 11.4 Å². The van der Waals surface area contributed by atoms with Crippen LogP contribution in [0.15, 0.2) is 23.1 Å². The van der Waals surface area contributed by atoms with Gasteiger partial charge in [0.2, 0.25) is 0 Å². The van der Waals surface area contributed by atoms with Crippen molar-refractivity contribution < 1.29 is 13.5 Å². The third-order valence-electron chi connectivity index (χ3n) is 3.46. The molecule has 0 aromatic heterocycles. The zero-order chi connectivity index (χ0) is 14.3. The van der Waals surface area contributed by atoms with Crippen LogP contribution in [-0.4, -0.2) is 38.5 Å². The lowest BCUT2D eigenvalue weighted by Crippen LogP contribution is -2.46. The van der Waals surface area contributed by atoms with E-state index in [9.17, 15) is 13.5 Å². The Labute approximate surface area is 113 Å². The van der Waals surface area contributed by atoms with Crippen molar-refractivity contribution in [1.82, 2.24) is 0 Å². The molecule has 0 saturated carbocycles. The van der Waals surface area contributed by atoms with Crippen LogP contribution >= 0.6 is 0 Å². The topological polar surface area (TPSA) is 83.6 Å². The Morgan fingerprint density at radius 2 is 2.11 bits per heavy atom. The number of nitrogens with zero attached hydrogens (tertiary/aromatic N) is 1. The van der Waals surface area contributed by atoms with E-state index in [-0.39, 0.29) is 10.6 Å². The lowest BCUT2D eigenvalue weighted by atomic mass is 9.94. The van der Waals surface area contributed by atoms with Crippen LogP contribution in [0.25, 0.3) is 0 Å². The molecule has 1 atom stereocenters. The number of sulfone groups is 1. The standard InChI is InChI=1S/C13H20N2O3S/c1-13(16)7-4-8-15(9-13)10-5-3-6-11(12(10)14)19(2,17)18/h3,5-6,16H,4,7-9,14H2,1-2H3. The number of β-amino-alcohol motifs (C(OH)–C–C–N with tert-alkyl or cyclic N) is 1. The first-order valence-corrected chi connectivity index (χ1v) is 8.16. The highest BCUT2D eigenvalue weighted by molar-refractivity contribution is 7.90. The highest BCUT2D eigenvalue weighted by Gasteiger charge is 2.30. The molecule has 3 N–H and O–H groups in total. The third kappa shape index (κ3) is 3.01. The van der Waals surface area contributed by atoms with Crippen LogP contribution in [0.2, 0.25) is 0 Å². The molecule has 1 unspecified atom stereocenters. The molecule has 0 bridgehead atoms. The van der Waals surface area contributed by atoms with E-state index in [1.807, 2.05) is 4.90 Å². The average Bonchev–Trinajstić information content (AvgIpc) is 2.26. The SMILES string of the molecule is CC1(O)CCCN(c2cccc(S(C)(=O)=O)c2N)C1. The van der Waals surface area contributed by atoms with Crippen LogP contribution in [0, 0.1) is 0 Å². The number of para-hydroxylation sites is 1. The van der Waals surface area contributed by atoms with Crippen LogP contribution < -0.4 is 10.6 Å². The Bertz CT molecular complexity index is 582. The molecule has 106 valence electrons. The summed E-state index contributed by atoms with van der Waals surface area (Å²) in [7, 11) is -3.34. The fraction of sp³-hybridized carbons (Fsp3) is 0.538. The fourth-order valence-electron chi connectivity index (χ4n) is 2.56. The van der Waals surface area contributed by atoms with E-state index in [2.05, 4.69) is 0 Å². The van der Waals surface area contributed by atoms with Crippen molar-refractivity contribution in [2.24, 2.45) is 0 Å². The highest BCUT2D eigenvalue weighted by atomic mass is 32.2. The third-order valence-corrected chi connectivity index (χ3v) is 4.61. The van der Waals surface area contributed by atoms with E-state index in [0.717, 1.165) is 25.6 Å². The first-order valence-electron chi connectivity index (χ1n) is 6.27. The van der Waals surface area contributed by atoms with Gasteiger partial charge in [-0.1, -0.05) is 6.07 Å². The minimum atomic E-state index is -3.34. The minimum absolute atomic E-state index is 0.148. The quantitative estimate of drug-likeness (QED) is 0.792. The summed E-state index contributed by atoms with van der Waals surface area (Å²) in [6.45, 7) is 3.02. The molecule has 1 aromatic rings. The average molecular weight is 284 g/mol. The van der Waals surface area contributed by atoms with E-state index in [1.165, 1.54) is 6.07 Å². The van der Waals surface area contributed by atoms with Gasteiger partial charge in [0.15, 0.2) is 9.84 Å². The molecule has 2 rings (SSSR count). The van der Waals surface area contributed by atoms with Crippen molar-refractivity contribution in [2.75, 3.05) is 30.0 Å². The summed E-state index contributed by atoms with van der Waals surface area (Å²) in [6, 6.07) is 4.99. The number of aliphatic hydroxyl groups is 1. The van der Waals surface area contributed by atoms with Crippen molar-refractivity contribution in [1.29, 1.82) is 0 Å². The summed E-state index contributed by atoms with van der Waals surface area (Å²) >= 11 is 0. The molecular weight excluding hydrogens is 264 g/mol. The maximum Gasteiger partial charge on any atom is 0.177 e. The minimum Gasteiger partial charge on any atom is -0.396 e. The lowest BCUT2D eigenvalue weighted by molar-refractivity contribution is 0.0449. The molecule has 0 spiro atoms. The normalized spacial score (nSPS) is 24.5. The Kier molecular flexibility index (Phi) is 3.49. The first kappa shape index (κ1) is 14.1. The van der Waals surface area contributed by atoms with E-state index in [1.54, 1.807) is 19.1 Å². The molecule has 1 aromatic carbocycles. The Morgan fingerprint density at radius 1 is 1.42 bits per heavy atom. The largest absolute Gasteiger partial charge is 0.396 e. The first-order chi connectivity index (χ1) is 8.71. The second-order valence-corrected chi connectivity index (χ2v) is 7.47. The van der Waals surface area contributed by atoms with Crippen molar-refractivity contribution in [3.8, 4) is 0 Å². The van der Waals surface area contributed by atoms with E-state index < -0.39 is 15.4 Å². The zero-order valence-corrected chi connectivity index (χ0v) is 12.1. The van der Waals surface area contributed by atoms with Gasteiger partial charge in [-0.15, -0.1) is 0 Å². The second kappa shape index (κ2) is 4.68. The van der Waals surface area contributed by atoms with Crippen molar-refractivity contribution in [2.45, 2.75) is 30.3 Å². The summed E-state index contributed by atoms with van der Waals surface area (Å²) in [4.78, 5) is 2.10. The van der Waals surface area contributed by atoms with Gasteiger partial charge in [-0.25, -0.2) is 8.42 Å². The van der Waals surface area contributed by atoms with Gasteiger partial charge < -0.3 is 15.7 Å². The van der Waals surface area contributed by atoms with Gasteiger partial charge in [0.25, 0.3) is 0 Å². The van der Waals surface area contributed by atoms with Crippen molar-refractivity contribution in [3.05, 3.63) is 18.2 Å². The molecule has 1 aliphatic heterocycles. The molecule has 0 radical (unpaired) electrons. The van der Waals surface area contributed by atoms with Crippen LogP contribution in [0.3, 0.4) is 0 Å². The van der Waals surface area contributed by atoms with E-state index >= 15 is 0 Å². The van der Waals surface area contributed by atoms with Gasteiger partial charge in [0, 0.05) is 19.3 Å².